The van der Waals surface area contributed by atoms with Crippen LogP contribution in [0.2, 0.25) is 0 Å². The van der Waals surface area contributed by atoms with E-state index >= 15 is 0 Å². The lowest BCUT2D eigenvalue weighted by Crippen LogP contribution is -2.45. The zero-order valence-electron chi connectivity index (χ0n) is 9.79. The molecular weight excluding hydrogens is 280 g/mol. The second-order valence-corrected chi connectivity index (χ2v) is 5.26. The number of hydrogen-bond acceptors (Lipinski definition) is 3. The van der Waals surface area contributed by atoms with Crippen LogP contribution in [0, 0.1) is 11.3 Å². The zero-order valence-corrected chi connectivity index (χ0v) is 11.4. The van der Waals surface area contributed by atoms with Crippen LogP contribution in [0.15, 0.2) is 22.7 Å². The van der Waals surface area contributed by atoms with Gasteiger partial charge in [-0.3, -0.25) is 0 Å². The third kappa shape index (κ3) is 2.62. The summed E-state index contributed by atoms with van der Waals surface area (Å²) in [5.74, 6) is 0. The van der Waals surface area contributed by atoms with E-state index in [4.69, 9.17) is 10.00 Å². The highest BCUT2D eigenvalue weighted by atomic mass is 79.9. The van der Waals surface area contributed by atoms with Gasteiger partial charge in [0.2, 0.25) is 0 Å². The molecule has 0 heterocycles. The van der Waals surface area contributed by atoms with Crippen LogP contribution in [0.25, 0.3) is 0 Å². The molecule has 1 saturated carbocycles. The molecule has 0 saturated heterocycles. The molecule has 0 bridgehead atoms. The Balaban J connectivity index is 2.02. The minimum Gasteiger partial charge on any atom is -0.381 e. The van der Waals surface area contributed by atoms with Crippen LogP contribution in [0.4, 0.5) is 5.69 Å². The van der Waals surface area contributed by atoms with Gasteiger partial charge < -0.3 is 10.1 Å². The summed E-state index contributed by atoms with van der Waals surface area (Å²) in [5, 5.41) is 12.2. The van der Waals surface area contributed by atoms with Crippen molar-refractivity contribution in [3.63, 3.8) is 0 Å². The van der Waals surface area contributed by atoms with Crippen molar-refractivity contribution in [3.8, 4) is 6.07 Å². The fraction of sp³-hybridized carbons (Fsp3) is 0.462. The lowest BCUT2D eigenvalue weighted by atomic mass is 9.80. The van der Waals surface area contributed by atoms with Crippen LogP contribution in [-0.4, -0.2) is 19.3 Å². The fourth-order valence-corrected chi connectivity index (χ4v) is 2.53. The lowest BCUT2D eigenvalue weighted by Gasteiger charge is -2.40. The maximum atomic E-state index is 8.79. The number of nitriles is 1. The number of ether oxygens (including phenoxy) is 1. The van der Waals surface area contributed by atoms with E-state index in [1.807, 2.05) is 18.2 Å². The van der Waals surface area contributed by atoms with Gasteiger partial charge in [0.15, 0.2) is 0 Å². The van der Waals surface area contributed by atoms with Gasteiger partial charge in [-0.25, -0.2) is 0 Å². The van der Waals surface area contributed by atoms with Gasteiger partial charge in [0, 0.05) is 23.8 Å². The number of nitrogens with one attached hydrogen (secondary N) is 1. The van der Waals surface area contributed by atoms with Crippen LogP contribution in [0.1, 0.15) is 24.8 Å². The highest BCUT2D eigenvalue weighted by molar-refractivity contribution is 9.10. The second kappa shape index (κ2) is 5.07. The molecule has 90 valence electrons. The summed E-state index contributed by atoms with van der Waals surface area (Å²) in [6, 6.07) is 7.67. The Hall–Kier alpha value is -1.05. The van der Waals surface area contributed by atoms with Gasteiger partial charge in [0.05, 0.1) is 17.2 Å². The van der Waals surface area contributed by atoms with E-state index < -0.39 is 0 Å². The van der Waals surface area contributed by atoms with Crippen molar-refractivity contribution in [3.05, 3.63) is 28.2 Å². The van der Waals surface area contributed by atoms with Gasteiger partial charge in [-0.05, 0) is 53.4 Å². The molecule has 0 radical (unpaired) electrons. The fourth-order valence-electron chi connectivity index (χ4n) is 2.01. The standard InChI is InChI=1S/C13H15BrN2O/c1-17-13(5-2-6-13)9-16-12-4-3-10(8-15)7-11(12)14/h3-4,7,16H,2,5-6,9H2,1H3. The molecule has 1 aliphatic rings. The molecular formula is C13H15BrN2O. The first-order valence-corrected chi connectivity index (χ1v) is 6.47. The summed E-state index contributed by atoms with van der Waals surface area (Å²) in [6.45, 7) is 0.813. The minimum absolute atomic E-state index is 0.00728. The molecule has 0 aromatic heterocycles. The molecule has 1 aromatic carbocycles. The molecule has 0 spiro atoms. The van der Waals surface area contributed by atoms with Crippen LogP contribution in [0.5, 0.6) is 0 Å². The average Bonchev–Trinajstić information content (AvgIpc) is 2.30. The maximum Gasteiger partial charge on any atom is 0.0992 e. The molecule has 17 heavy (non-hydrogen) atoms. The maximum absolute atomic E-state index is 8.79. The monoisotopic (exact) mass is 294 g/mol. The van der Waals surface area contributed by atoms with Crippen LogP contribution in [0.3, 0.4) is 0 Å². The summed E-state index contributed by atoms with van der Waals surface area (Å²) in [5.41, 5.74) is 1.67. The van der Waals surface area contributed by atoms with E-state index in [1.54, 1.807) is 7.11 Å². The van der Waals surface area contributed by atoms with Gasteiger partial charge in [0.25, 0.3) is 0 Å². The van der Waals surface area contributed by atoms with Gasteiger partial charge >= 0.3 is 0 Å². The number of anilines is 1. The van der Waals surface area contributed by atoms with E-state index in [9.17, 15) is 0 Å². The molecule has 0 atom stereocenters. The number of nitrogens with zero attached hydrogens (tertiary/aromatic N) is 1. The van der Waals surface area contributed by atoms with Crippen LogP contribution >= 0.6 is 15.9 Å². The summed E-state index contributed by atoms with van der Waals surface area (Å²) < 4.78 is 6.47. The Morgan fingerprint density at radius 2 is 2.29 bits per heavy atom. The molecule has 0 unspecified atom stereocenters. The van der Waals surface area contributed by atoms with E-state index in [2.05, 4.69) is 27.3 Å². The van der Waals surface area contributed by atoms with Crippen molar-refractivity contribution >= 4 is 21.6 Å². The number of benzene rings is 1. The van der Waals surface area contributed by atoms with E-state index in [0.29, 0.717) is 5.56 Å². The van der Waals surface area contributed by atoms with Crippen molar-refractivity contribution in [2.24, 2.45) is 0 Å². The molecule has 3 nitrogen and oxygen atoms in total. The SMILES string of the molecule is COC1(CNc2ccc(C#N)cc2Br)CCC1. The van der Waals surface area contributed by atoms with Gasteiger partial charge in [0.1, 0.15) is 0 Å². The second-order valence-electron chi connectivity index (χ2n) is 4.40. The molecule has 1 fully saturated rings. The van der Waals surface area contributed by atoms with Gasteiger partial charge in [-0.15, -0.1) is 0 Å². The Bertz CT molecular complexity index is 444. The summed E-state index contributed by atoms with van der Waals surface area (Å²) in [4.78, 5) is 0. The Labute approximate surface area is 110 Å². The van der Waals surface area contributed by atoms with E-state index in [-0.39, 0.29) is 5.60 Å². The average molecular weight is 295 g/mol. The summed E-state index contributed by atoms with van der Waals surface area (Å²) >= 11 is 3.46. The van der Waals surface area contributed by atoms with Crippen LogP contribution in [-0.2, 0) is 4.74 Å². The quantitative estimate of drug-likeness (QED) is 0.927. The molecule has 1 N–H and O–H groups in total. The molecule has 4 heteroatoms. The third-order valence-corrected chi connectivity index (χ3v) is 4.05. The van der Waals surface area contributed by atoms with Crippen LogP contribution < -0.4 is 5.32 Å². The first kappa shape index (κ1) is 12.4. The molecule has 0 amide bonds. The first-order chi connectivity index (χ1) is 8.19. The molecule has 0 aliphatic heterocycles. The highest BCUT2D eigenvalue weighted by Crippen LogP contribution is 2.35. The predicted octanol–water partition coefficient (Wildman–Crippen LogP) is 3.30. The number of hydrogen-bond donors (Lipinski definition) is 1. The minimum atomic E-state index is 0.00728. The normalized spacial score (nSPS) is 17.0. The van der Waals surface area contributed by atoms with Gasteiger partial charge in [-0.1, -0.05) is 0 Å². The summed E-state index contributed by atoms with van der Waals surface area (Å²) in [6.07, 6.45) is 3.47. The number of halogens is 1. The van der Waals surface area contributed by atoms with E-state index in [0.717, 1.165) is 29.5 Å². The molecule has 1 aromatic rings. The predicted molar refractivity (Wildman–Crippen MR) is 70.9 cm³/mol. The van der Waals surface area contributed by atoms with Crippen molar-refractivity contribution in [1.29, 1.82) is 5.26 Å². The zero-order chi connectivity index (χ0) is 12.3. The third-order valence-electron chi connectivity index (χ3n) is 3.40. The highest BCUT2D eigenvalue weighted by Gasteiger charge is 2.36. The number of methoxy groups -OCH3 is 1. The molecule has 1 aliphatic carbocycles. The first-order valence-electron chi connectivity index (χ1n) is 5.68. The molecule has 2 rings (SSSR count). The van der Waals surface area contributed by atoms with Crippen molar-refractivity contribution in [2.75, 3.05) is 19.0 Å². The topological polar surface area (TPSA) is 45.0 Å². The van der Waals surface area contributed by atoms with Crippen molar-refractivity contribution < 1.29 is 4.74 Å². The Morgan fingerprint density at radius 3 is 2.76 bits per heavy atom. The van der Waals surface area contributed by atoms with Crippen molar-refractivity contribution in [1.82, 2.24) is 0 Å². The van der Waals surface area contributed by atoms with E-state index in [1.165, 1.54) is 6.42 Å². The Kier molecular flexibility index (Phi) is 3.70. The van der Waals surface area contributed by atoms with Gasteiger partial charge in [-0.2, -0.15) is 5.26 Å². The summed E-state index contributed by atoms with van der Waals surface area (Å²) in [7, 11) is 1.77. The number of rotatable bonds is 4. The lowest BCUT2D eigenvalue weighted by molar-refractivity contribution is -0.0601. The Morgan fingerprint density at radius 1 is 1.53 bits per heavy atom. The largest absolute Gasteiger partial charge is 0.381 e. The van der Waals surface area contributed by atoms with Crippen molar-refractivity contribution in [2.45, 2.75) is 24.9 Å². The smallest absolute Gasteiger partial charge is 0.0992 e.